The summed E-state index contributed by atoms with van der Waals surface area (Å²) in [4.78, 5) is 167. The molecule has 3 saturated carbocycles. The third-order valence-electron chi connectivity index (χ3n) is 24.1. The highest BCUT2D eigenvalue weighted by molar-refractivity contribution is 9.10. The summed E-state index contributed by atoms with van der Waals surface area (Å²) in [5, 5.41) is 94.1. The molecule has 51 heteroatoms. The number of aromatic nitrogens is 12. The van der Waals surface area contributed by atoms with Crippen molar-refractivity contribution in [3.8, 4) is 17.1 Å². The first kappa shape index (κ1) is 126. The van der Waals surface area contributed by atoms with Gasteiger partial charge in [0.1, 0.15) is 82.0 Å². The molecule has 0 unspecified atom stereocenters. The van der Waals surface area contributed by atoms with Crippen molar-refractivity contribution in [3.05, 3.63) is 70.8 Å². The van der Waals surface area contributed by atoms with Crippen molar-refractivity contribution >= 4 is 209 Å². The van der Waals surface area contributed by atoms with Crippen LogP contribution < -0.4 is 36.6 Å². The van der Waals surface area contributed by atoms with Gasteiger partial charge in [-0.2, -0.15) is 136 Å². The number of nitrogens with one attached hydrogen (secondary N) is 6. The van der Waals surface area contributed by atoms with Gasteiger partial charge in [-0.1, -0.05) is 95.2 Å². The van der Waals surface area contributed by atoms with Crippen LogP contribution in [0.15, 0.2) is 59.1 Å². The van der Waals surface area contributed by atoms with Crippen molar-refractivity contribution in [2.75, 3.05) is 32.8 Å². The highest BCUT2D eigenvalue weighted by Crippen LogP contribution is 2.49. The number of aliphatic hydroxyl groups excluding tert-OH is 1. The highest BCUT2D eigenvalue weighted by atomic mass is 79.9. The van der Waals surface area contributed by atoms with Gasteiger partial charge in [0, 0.05) is 75.1 Å². The minimum atomic E-state index is -1.45. The van der Waals surface area contributed by atoms with E-state index in [1.165, 1.54) is 29.1 Å². The molecule has 0 radical (unpaired) electrons. The molecule has 138 heavy (non-hydrogen) atoms. The molecule has 9 aliphatic rings. The van der Waals surface area contributed by atoms with Crippen LogP contribution in [0.25, 0.3) is 11.4 Å². The van der Waals surface area contributed by atoms with Crippen LogP contribution in [0.4, 0.5) is 14.4 Å². The van der Waals surface area contributed by atoms with Gasteiger partial charge in [0.05, 0.1) is 29.2 Å². The molecule has 778 valence electrons. The van der Waals surface area contributed by atoms with Gasteiger partial charge in [-0.25, -0.2) is 28.8 Å². The maximum absolute atomic E-state index is 14.2. The number of rotatable bonds is 18. The number of alkyl carbamates (subject to hydrolysis) is 3. The Morgan fingerprint density at radius 3 is 1.11 bits per heavy atom. The number of amides is 9. The summed E-state index contributed by atoms with van der Waals surface area (Å²) in [6.07, 6.45) is 25.0. The fourth-order valence-electron chi connectivity index (χ4n) is 17.1. The Labute approximate surface area is 876 Å². The zero-order valence-corrected chi connectivity index (χ0v) is 90.5. The molecular formula is C87H144BrN21O20S9. The van der Waals surface area contributed by atoms with Crippen molar-refractivity contribution in [2.45, 2.75) is 331 Å². The second kappa shape index (κ2) is 55.6. The third-order valence-corrected chi connectivity index (χ3v) is 24.7. The minimum absolute atomic E-state index is 0. The number of hydrogen-bond acceptors (Lipinski definition) is 26. The summed E-state index contributed by atoms with van der Waals surface area (Å²) in [6, 6.07) is -2.01. The van der Waals surface area contributed by atoms with E-state index in [0.29, 0.717) is 97.5 Å². The Morgan fingerprint density at radius 2 is 0.797 bits per heavy atom. The van der Waals surface area contributed by atoms with E-state index < -0.39 is 159 Å². The van der Waals surface area contributed by atoms with Crippen molar-refractivity contribution < 1.29 is 96.9 Å². The molecule has 6 fully saturated rings. The number of benzene rings is 1. The number of tetrazole rings is 3. The Balaban J connectivity index is 0.000000681. The second-order valence-electron chi connectivity index (χ2n) is 37.8. The van der Waals surface area contributed by atoms with Gasteiger partial charge < -0.3 is 86.0 Å². The predicted molar refractivity (Wildman–Crippen MR) is 559 cm³/mol. The normalized spacial score (nSPS) is 27.0. The van der Waals surface area contributed by atoms with Gasteiger partial charge >= 0.3 is 36.2 Å². The van der Waals surface area contributed by atoms with Crippen LogP contribution in [0.2, 0.25) is 0 Å². The zero-order valence-electron chi connectivity index (χ0n) is 80.0. The van der Waals surface area contributed by atoms with Crippen molar-refractivity contribution in [1.82, 2.24) is 107 Å². The molecule has 9 amide bonds. The van der Waals surface area contributed by atoms with E-state index >= 15 is 0 Å². The number of halogens is 1. The van der Waals surface area contributed by atoms with Crippen LogP contribution in [-0.2, 0) is 70.2 Å². The Kier molecular flexibility index (Phi) is 50.9. The molecule has 13 rings (SSSR count). The van der Waals surface area contributed by atoms with E-state index in [4.69, 9.17) is 24.1 Å². The molecule has 10 N–H and O–H groups in total. The monoisotopic (exact) mass is 2170 g/mol. The van der Waals surface area contributed by atoms with Crippen LogP contribution in [0.3, 0.4) is 0 Å². The molecule has 41 nitrogen and oxygen atoms in total. The van der Waals surface area contributed by atoms with Crippen LogP contribution >= 0.6 is 137 Å². The van der Waals surface area contributed by atoms with E-state index in [-0.39, 0.29) is 198 Å². The average Bonchev–Trinajstić information content (AvgIpc) is 1.59. The number of nitrogens with zero attached hydrogens (tertiary/aromatic N) is 15. The van der Waals surface area contributed by atoms with Gasteiger partial charge in [0.2, 0.25) is 41.3 Å². The standard InChI is InChI=1S/C32H42BrN7O8.C28H43N7O6.C27H41N7O6.9H2S/c1-31(2,3)48-30(46)34-23-10-8-6-4-5-7-9-20-17-32(20,29(44)45)35-27(42)24-16-21(18-39(24)28(23)43)40-37-26(36-38-40)19-11-12-25(22(33)15-19)47-14-13-41;1-5-6-14-22-31-33-35(32-22)19-15-21-23(36)30-28(25(38)39)16-18(28)12-10-8-7-9-11-13-20(24(37)34(21)17-19)29-26(40)41-27(2,3)4;1-5-11-21-30-32-34(31-21)18-14-20-22(35)29-27(24(37)38)15-17(27)12-9-7-6-8-10-13-19(23(36)33(20)16-18)28-25(39)40-26(2,3)4;;;;;;;;;/h7,9,11-12,15,20-21,23-24,41H,4-6,8,10,13-14,16-18H2,1-3H3,(H,34,46)(H,35,42)(H,44,45);10,12,18-21H,5-9,11,13-17H2,1-4H3,(H,29,40)(H,30,36)(H,38,39);9,12,17-20H,5-8,10-11,13-16H2,1-4H3,(H,28,39)(H,29,35)(H,37,38);9*1H2/b9-7-;12-10-;12-9-;;;;;;;;;/t20-,21-,23+,24+,32-;18-,19-,20+,21+,28-;17-,18-,19+,20+,27-;;;;;;;;;/m111........./s1. The molecule has 3 aromatic heterocycles. The quantitative estimate of drug-likeness (QED) is 0.0329. The van der Waals surface area contributed by atoms with Gasteiger partial charge in [0.25, 0.3) is 0 Å². The number of allylic oxidation sites excluding steroid dienone is 3. The van der Waals surface area contributed by atoms with Crippen LogP contribution in [0.5, 0.6) is 5.75 Å². The van der Waals surface area contributed by atoms with Crippen molar-refractivity contribution in [3.63, 3.8) is 0 Å². The Hall–Kier alpha value is -7.92. The number of aliphatic carboxylic acids is 3. The van der Waals surface area contributed by atoms with Gasteiger partial charge in [-0.3, -0.25) is 28.8 Å². The van der Waals surface area contributed by atoms with Crippen LogP contribution in [0, 0.1) is 17.8 Å². The molecule has 0 spiro atoms. The molecule has 4 aromatic rings. The first-order chi connectivity index (χ1) is 61.2. The van der Waals surface area contributed by atoms with Gasteiger partial charge in [-0.05, 0) is 202 Å². The summed E-state index contributed by atoms with van der Waals surface area (Å²) in [7, 11) is 0. The third kappa shape index (κ3) is 33.6. The first-order valence-corrected chi connectivity index (χ1v) is 45.9. The number of carbonyl (C=O) groups is 12. The van der Waals surface area contributed by atoms with Gasteiger partial charge in [0.15, 0.2) is 11.6 Å². The van der Waals surface area contributed by atoms with Crippen molar-refractivity contribution in [2.24, 2.45) is 17.8 Å². The summed E-state index contributed by atoms with van der Waals surface area (Å²) in [6.45, 7) is 20.0. The summed E-state index contributed by atoms with van der Waals surface area (Å²) < 4.78 is 22.4. The minimum Gasteiger partial charge on any atom is -0.490 e. The molecule has 1 aromatic carbocycles. The fraction of sp³-hybridized carbons (Fsp3) is 0.690. The molecule has 0 bridgehead atoms. The number of aliphatic hydroxyl groups is 1. The second-order valence-corrected chi connectivity index (χ2v) is 38.6. The van der Waals surface area contributed by atoms with Crippen molar-refractivity contribution in [1.29, 1.82) is 0 Å². The number of hydrogen-bond donors (Lipinski definition) is 10. The predicted octanol–water partition coefficient (Wildman–Crippen LogP) is 8.68. The first-order valence-electron chi connectivity index (χ1n) is 45.1. The van der Waals surface area contributed by atoms with E-state index in [2.05, 4.69) is 101 Å². The largest absolute Gasteiger partial charge is 0.490 e. The lowest BCUT2D eigenvalue weighted by atomic mass is 10.0. The smallest absolute Gasteiger partial charge is 0.408 e. The number of ether oxygens (including phenoxy) is 4. The SMILES string of the molecule is CC(C)(C)OC(=O)N[C@H]1CCCCC/C=C\[C@@H]2C[C@@]2(C(=O)O)NC(=O)[C@@H]2C[C@@H](n3nnc(-c4ccc(OCCO)c(Br)c4)n3)CN2C1=O.CCCCc1nnn([C@@H]2C[C@H]3C(=O)N[C@]4(C(=O)O)C[C@H]4/C=C\CCCCC[C@H](NC(=O)OC(C)(C)C)C(=O)N3C2)n1.CCCc1nnn([C@@H]2C[C@H]3C(=O)N[C@]4(C(=O)O)C[C@H]4/C=C\CCCCC[C@H](NC(=O)OC(C)(C)C)C(=O)N3C2)n1.S.S.S.S.S.S.S.S.S. The number of carboxylic acid groups (broad SMARTS) is 3. The molecule has 3 saturated heterocycles. The van der Waals surface area contributed by atoms with E-state index in [1.807, 2.05) is 43.4 Å². The molecule has 15 atom stereocenters. The molecule has 9 heterocycles. The summed E-state index contributed by atoms with van der Waals surface area (Å²) in [5.41, 5.74) is -5.90. The van der Waals surface area contributed by atoms with Gasteiger partial charge in [-0.15, -0.1) is 30.6 Å². The number of unbranched alkanes of at least 4 members (excludes halogenated alkanes) is 1. The lowest BCUT2D eigenvalue weighted by Crippen LogP contribution is -2.56. The number of fused-ring (bicyclic) bond motifs is 6. The lowest BCUT2D eigenvalue weighted by Gasteiger charge is -2.30. The van der Waals surface area contributed by atoms with Crippen LogP contribution in [-0.4, -0.2) is 270 Å². The molecule has 3 aliphatic carbocycles. The van der Waals surface area contributed by atoms with E-state index in [9.17, 15) is 72.9 Å². The Bertz CT molecular complexity index is 4830. The van der Waals surface area contributed by atoms with E-state index in [0.717, 1.165) is 77.0 Å². The number of carbonyl (C=O) groups excluding carboxylic acids is 9. The summed E-state index contributed by atoms with van der Waals surface area (Å²) >= 11 is 3.45. The summed E-state index contributed by atoms with van der Waals surface area (Å²) in [5.74, 6) is -5.32. The Morgan fingerprint density at radius 1 is 0.464 bits per heavy atom. The maximum atomic E-state index is 14.2. The molecular weight excluding hydrogens is 2030 g/mol. The highest BCUT2D eigenvalue weighted by Gasteiger charge is 2.64. The molecule has 6 aliphatic heterocycles. The maximum Gasteiger partial charge on any atom is 0.408 e. The average molecular weight is 2170 g/mol. The number of aryl methyl sites for hydroxylation is 2. The van der Waals surface area contributed by atoms with E-state index in [1.54, 1.807) is 80.5 Å². The lowest BCUT2D eigenvalue weighted by molar-refractivity contribution is -0.146. The zero-order chi connectivity index (χ0) is 93.5. The fourth-order valence-corrected chi connectivity index (χ4v) is 17.6. The van der Waals surface area contributed by atoms with Crippen LogP contribution in [0.1, 0.15) is 260 Å². The topological polar surface area (TPSA) is 535 Å². The number of carboxylic acids is 3.